The molecule has 0 aromatic carbocycles. The number of hydrogen-bond acceptors (Lipinski definition) is 3. The average Bonchev–Trinajstić information content (AvgIpc) is 2.50. The van der Waals surface area contributed by atoms with Crippen molar-refractivity contribution in [2.75, 3.05) is 46.8 Å². The van der Waals surface area contributed by atoms with Crippen LogP contribution < -0.4 is 5.32 Å². The van der Waals surface area contributed by atoms with Gasteiger partial charge in [-0.3, -0.25) is 0 Å². The van der Waals surface area contributed by atoms with Crippen molar-refractivity contribution in [3.63, 3.8) is 0 Å². The van der Waals surface area contributed by atoms with Crippen LogP contribution in [0.1, 0.15) is 13.3 Å². The highest BCUT2D eigenvalue weighted by Crippen LogP contribution is 2.07. The summed E-state index contributed by atoms with van der Waals surface area (Å²) in [6, 6.07) is 0.743. The highest BCUT2D eigenvalue weighted by Gasteiger charge is 2.20. The second-order valence-corrected chi connectivity index (χ2v) is 4.15. The molecule has 13 heavy (non-hydrogen) atoms. The maximum absolute atomic E-state index is 3.51. The van der Waals surface area contributed by atoms with Crippen LogP contribution >= 0.6 is 0 Å². The third kappa shape index (κ3) is 4.07. The number of hydrogen-bond donors (Lipinski definition) is 1. The van der Waals surface area contributed by atoms with Gasteiger partial charge < -0.3 is 15.1 Å². The SMILES string of the molecule is CCNC1CCN(CCN(C)C)C1. The van der Waals surface area contributed by atoms with Crippen LogP contribution in [0, 0.1) is 0 Å². The van der Waals surface area contributed by atoms with Gasteiger partial charge in [0.05, 0.1) is 0 Å². The first-order valence-electron chi connectivity index (χ1n) is 5.33. The molecule has 1 rings (SSSR count). The van der Waals surface area contributed by atoms with Gasteiger partial charge in [-0.05, 0) is 33.6 Å². The molecule has 0 aromatic rings. The molecule has 0 aliphatic carbocycles. The number of likely N-dealkylation sites (N-methyl/N-ethyl adjacent to an activating group) is 2. The van der Waals surface area contributed by atoms with E-state index in [0.717, 1.165) is 12.6 Å². The molecule has 1 fully saturated rings. The molecular formula is C10H23N3. The standard InChI is InChI=1S/C10H23N3/c1-4-11-10-5-6-13(9-10)8-7-12(2)3/h10-11H,4-9H2,1-3H3. The van der Waals surface area contributed by atoms with Gasteiger partial charge in [-0.2, -0.15) is 0 Å². The summed E-state index contributed by atoms with van der Waals surface area (Å²) < 4.78 is 0. The molecule has 0 bridgehead atoms. The molecule has 0 aromatic heterocycles. The Hall–Kier alpha value is -0.120. The van der Waals surface area contributed by atoms with Gasteiger partial charge >= 0.3 is 0 Å². The van der Waals surface area contributed by atoms with Gasteiger partial charge in [0.25, 0.3) is 0 Å². The van der Waals surface area contributed by atoms with E-state index in [9.17, 15) is 0 Å². The van der Waals surface area contributed by atoms with Gasteiger partial charge in [0.1, 0.15) is 0 Å². The van der Waals surface area contributed by atoms with Crippen molar-refractivity contribution < 1.29 is 0 Å². The molecular weight excluding hydrogens is 162 g/mol. The Kier molecular flexibility index (Phi) is 4.70. The fourth-order valence-corrected chi connectivity index (χ4v) is 1.83. The Morgan fingerprint density at radius 2 is 2.23 bits per heavy atom. The first-order chi connectivity index (χ1) is 6.22. The predicted octanol–water partition coefficient (Wildman–Crippen LogP) is 0.232. The molecule has 1 atom stereocenters. The Labute approximate surface area is 82.1 Å². The Balaban J connectivity index is 2.10. The number of likely N-dealkylation sites (tertiary alicyclic amines) is 1. The van der Waals surface area contributed by atoms with Crippen molar-refractivity contribution in [3.05, 3.63) is 0 Å². The topological polar surface area (TPSA) is 18.5 Å². The number of rotatable bonds is 5. The Morgan fingerprint density at radius 3 is 2.85 bits per heavy atom. The lowest BCUT2D eigenvalue weighted by atomic mass is 10.3. The van der Waals surface area contributed by atoms with E-state index in [1.165, 1.54) is 32.6 Å². The van der Waals surface area contributed by atoms with Crippen molar-refractivity contribution in [2.45, 2.75) is 19.4 Å². The molecule has 0 spiro atoms. The lowest BCUT2D eigenvalue weighted by Crippen LogP contribution is -2.35. The average molecular weight is 185 g/mol. The summed E-state index contributed by atoms with van der Waals surface area (Å²) in [6.07, 6.45) is 1.32. The fraction of sp³-hybridized carbons (Fsp3) is 1.00. The molecule has 3 heteroatoms. The third-order valence-electron chi connectivity index (χ3n) is 2.63. The smallest absolute Gasteiger partial charge is 0.0207 e. The molecule has 1 heterocycles. The first-order valence-corrected chi connectivity index (χ1v) is 5.33. The van der Waals surface area contributed by atoms with E-state index < -0.39 is 0 Å². The zero-order valence-corrected chi connectivity index (χ0v) is 9.21. The molecule has 3 nitrogen and oxygen atoms in total. The summed E-state index contributed by atoms with van der Waals surface area (Å²) in [6.45, 7) is 8.19. The van der Waals surface area contributed by atoms with Gasteiger partial charge in [-0.15, -0.1) is 0 Å². The molecule has 0 saturated carbocycles. The molecule has 1 aliphatic rings. The summed E-state index contributed by atoms with van der Waals surface area (Å²) in [5.41, 5.74) is 0. The summed E-state index contributed by atoms with van der Waals surface area (Å²) in [4.78, 5) is 4.80. The molecule has 1 aliphatic heterocycles. The van der Waals surface area contributed by atoms with Crippen LogP contribution in [0.25, 0.3) is 0 Å². The molecule has 1 unspecified atom stereocenters. The van der Waals surface area contributed by atoms with E-state index in [1.54, 1.807) is 0 Å². The lowest BCUT2D eigenvalue weighted by molar-refractivity contribution is 0.278. The second kappa shape index (κ2) is 5.58. The second-order valence-electron chi connectivity index (χ2n) is 4.15. The van der Waals surface area contributed by atoms with E-state index in [2.05, 4.69) is 36.1 Å². The molecule has 78 valence electrons. The van der Waals surface area contributed by atoms with Crippen LogP contribution in [-0.4, -0.2) is 62.7 Å². The van der Waals surface area contributed by atoms with E-state index in [1.807, 2.05) is 0 Å². The van der Waals surface area contributed by atoms with E-state index in [-0.39, 0.29) is 0 Å². The van der Waals surface area contributed by atoms with Crippen LogP contribution in [0.15, 0.2) is 0 Å². The molecule has 0 amide bonds. The summed E-state index contributed by atoms with van der Waals surface area (Å²) in [5.74, 6) is 0. The van der Waals surface area contributed by atoms with E-state index in [0.29, 0.717) is 0 Å². The quantitative estimate of drug-likeness (QED) is 0.661. The van der Waals surface area contributed by atoms with Crippen molar-refractivity contribution in [2.24, 2.45) is 0 Å². The highest BCUT2D eigenvalue weighted by atomic mass is 15.2. The number of nitrogens with zero attached hydrogens (tertiary/aromatic N) is 2. The minimum Gasteiger partial charge on any atom is -0.313 e. The van der Waals surface area contributed by atoms with Crippen molar-refractivity contribution in [1.29, 1.82) is 0 Å². The van der Waals surface area contributed by atoms with Crippen LogP contribution in [0.3, 0.4) is 0 Å². The van der Waals surface area contributed by atoms with Crippen molar-refractivity contribution >= 4 is 0 Å². The third-order valence-corrected chi connectivity index (χ3v) is 2.63. The zero-order chi connectivity index (χ0) is 9.68. The Bertz CT molecular complexity index is 136. The van der Waals surface area contributed by atoms with Crippen LogP contribution in [0.2, 0.25) is 0 Å². The molecule has 1 saturated heterocycles. The highest BCUT2D eigenvalue weighted by molar-refractivity contribution is 4.80. The van der Waals surface area contributed by atoms with Gasteiger partial charge in [0.2, 0.25) is 0 Å². The van der Waals surface area contributed by atoms with Crippen molar-refractivity contribution in [3.8, 4) is 0 Å². The Morgan fingerprint density at radius 1 is 1.46 bits per heavy atom. The maximum Gasteiger partial charge on any atom is 0.0207 e. The van der Waals surface area contributed by atoms with Gasteiger partial charge in [-0.1, -0.05) is 6.92 Å². The van der Waals surface area contributed by atoms with Crippen molar-refractivity contribution in [1.82, 2.24) is 15.1 Å². The first kappa shape index (κ1) is 11.0. The number of nitrogens with one attached hydrogen (secondary N) is 1. The van der Waals surface area contributed by atoms with Crippen LogP contribution in [0.5, 0.6) is 0 Å². The van der Waals surface area contributed by atoms with Crippen LogP contribution in [0.4, 0.5) is 0 Å². The fourth-order valence-electron chi connectivity index (χ4n) is 1.83. The minimum atomic E-state index is 0.743. The summed E-state index contributed by atoms with van der Waals surface area (Å²) in [7, 11) is 4.27. The minimum absolute atomic E-state index is 0.743. The largest absolute Gasteiger partial charge is 0.313 e. The monoisotopic (exact) mass is 185 g/mol. The molecule has 0 radical (unpaired) electrons. The van der Waals surface area contributed by atoms with Gasteiger partial charge in [0, 0.05) is 25.7 Å². The summed E-state index contributed by atoms with van der Waals surface area (Å²) >= 11 is 0. The summed E-state index contributed by atoms with van der Waals surface area (Å²) in [5, 5.41) is 3.51. The normalized spacial score (nSPS) is 24.5. The van der Waals surface area contributed by atoms with E-state index >= 15 is 0 Å². The lowest BCUT2D eigenvalue weighted by Gasteiger charge is -2.18. The zero-order valence-electron chi connectivity index (χ0n) is 9.21. The maximum atomic E-state index is 3.51. The van der Waals surface area contributed by atoms with Gasteiger partial charge in [0.15, 0.2) is 0 Å². The van der Waals surface area contributed by atoms with E-state index in [4.69, 9.17) is 0 Å². The molecule has 1 N–H and O–H groups in total. The predicted molar refractivity (Wildman–Crippen MR) is 57.1 cm³/mol. The van der Waals surface area contributed by atoms with Crippen LogP contribution in [-0.2, 0) is 0 Å². The van der Waals surface area contributed by atoms with Gasteiger partial charge in [-0.25, -0.2) is 0 Å².